The molecule has 8 heteroatoms. The Balaban J connectivity index is 1.60. The number of nitro groups is 1. The molecule has 0 atom stereocenters. The van der Waals surface area contributed by atoms with Crippen molar-refractivity contribution in [3.8, 4) is 0 Å². The number of thiazole rings is 1. The van der Waals surface area contributed by atoms with Crippen LogP contribution in [0.5, 0.6) is 0 Å². The first-order valence-corrected chi connectivity index (χ1v) is 7.21. The van der Waals surface area contributed by atoms with E-state index >= 15 is 0 Å². The highest BCUT2D eigenvalue weighted by molar-refractivity contribution is 7.15. The van der Waals surface area contributed by atoms with Gasteiger partial charge in [-0.3, -0.25) is 0 Å². The van der Waals surface area contributed by atoms with E-state index in [2.05, 4.69) is 15.6 Å². The van der Waals surface area contributed by atoms with Gasteiger partial charge in [-0.25, -0.2) is 0 Å². The largest absolute Gasteiger partial charge is 0.372 e. The third kappa shape index (κ3) is 2.69. The zero-order valence-electron chi connectivity index (χ0n) is 10.3. The second kappa shape index (κ2) is 5.14. The van der Waals surface area contributed by atoms with Crippen molar-refractivity contribution in [3.05, 3.63) is 21.7 Å². The van der Waals surface area contributed by atoms with Crippen LogP contribution in [0.3, 0.4) is 0 Å². The van der Waals surface area contributed by atoms with E-state index in [4.69, 9.17) is 0 Å². The fourth-order valence-corrected chi connectivity index (χ4v) is 2.66. The molecular formula is C11H15N5O2S. The Kier molecular flexibility index (Phi) is 3.34. The molecule has 0 radical (unpaired) electrons. The Bertz CT molecular complexity index is 589. The summed E-state index contributed by atoms with van der Waals surface area (Å²) in [5, 5.41) is 19.3. The minimum atomic E-state index is -0.391. The fraction of sp³-hybridized carbons (Fsp3) is 0.545. The van der Waals surface area contributed by atoms with E-state index in [1.165, 1.54) is 28.6 Å². The number of rotatable bonds is 7. The lowest BCUT2D eigenvalue weighted by Gasteiger charge is -2.04. The first kappa shape index (κ1) is 12.4. The van der Waals surface area contributed by atoms with Crippen LogP contribution in [0.4, 0.5) is 11.6 Å². The third-order valence-corrected chi connectivity index (χ3v) is 3.82. The number of hydrogen-bond donors (Lipinski definition) is 2. The first-order chi connectivity index (χ1) is 9.25. The molecule has 0 bridgehead atoms. The second-order valence-electron chi connectivity index (χ2n) is 4.61. The van der Waals surface area contributed by atoms with Crippen molar-refractivity contribution in [2.24, 2.45) is 0 Å². The van der Waals surface area contributed by atoms with Crippen molar-refractivity contribution in [1.29, 1.82) is 0 Å². The molecule has 102 valence electrons. The number of fused-ring (bicyclic) bond motifs is 1. The quantitative estimate of drug-likeness (QED) is 0.460. The maximum Gasteiger partial charge on any atom is 0.372 e. The molecule has 0 aliphatic heterocycles. The molecule has 0 aromatic carbocycles. The minimum absolute atomic E-state index is 0.0198. The molecule has 1 saturated carbocycles. The van der Waals surface area contributed by atoms with E-state index in [-0.39, 0.29) is 5.82 Å². The predicted octanol–water partition coefficient (Wildman–Crippen LogP) is 1.86. The van der Waals surface area contributed by atoms with Crippen LogP contribution >= 0.6 is 11.3 Å². The van der Waals surface area contributed by atoms with Crippen molar-refractivity contribution in [1.82, 2.24) is 14.7 Å². The van der Waals surface area contributed by atoms with E-state index in [9.17, 15) is 10.1 Å². The van der Waals surface area contributed by atoms with Crippen molar-refractivity contribution < 1.29 is 4.92 Å². The van der Waals surface area contributed by atoms with E-state index in [0.717, 1.165) is 13.0 Å². The second-order valence-corrected chi connectivity index (χ2v) is 5.48. The maximum atomic E-state index is 11.1. The van der Waals surface area contributed by atoms with Gasteiger partial charge in [0.05, 0.1) is 0 Å². The molecule has 2 aromatic rings. The van der Waals surface area contributed by atoms with Crippen molar-refractivity contribution in [2.45, 2.75) is 25.3 Å². The van der Waals surface area contributed by atoms with Crippen LogP contribution in [-0.2, 0) is 0 Å². The van der Waals surface area contributed by atoms with Crippen LogP contribution in [0.1, 0.15) is 19.3 Å². The summed E-state index contributed by atoms with van der Waals surface area (Å²) in [6, 6.07) is 0.701. The summed E-state index contributed by atoms with van der Waals surface area (Å²) in [5.74, 6) is 0.384. The topological polar surface area (TPSA) is 84.5 Å². The van der Waals surface area contributed by atoms with Crippen LogP contribution < -0.4 is 10.6 Å². The van der Waals surface area contributed by atoms with Gasteiger partial charge in [0.15, 0.2) is 0 Å². The zero-order chi connectivity index (χ0) is 13.2. The van der Waals surface area contributed by atoms with Gasteiger partial charge in [-0.15, -0.1) is 0 Å². The predicted molar refractivity (Wildman–Crippen MR) is 73.9 cm³/mol. The molecule has 1 aliphatic carbocycles. The molecule has 1 aliphatic rings. The smallest absolute Gasteiger partial charge is 0.363 e. The standard InChI is InChI=1S/C11H15N5O2S/c17-16(18)10-9(14-11-15(10)6-7-19-11)13-5-1-4-12-8-2-3-8/h6-8,12-13H,1-5H2. The van der Waals surface area contributed by atoms with Crippen LogP contribution in [0.15, 0.2) is 11.6 Å². The summed E-state index contributed by atoms with van der Waals surface area (Å²) in [6.45, 7) is 1.62. The summed E-state index contributed by atoms with van der Waals surface area (Å²) in [7, 11) is 0. The average Bonchev–Trinajstić information content (AvgIpc) is 2.96. The zero-order valence-corrected chi connectivity index (χ0v) is 11.2. The summed E-state index contributed by atoms with van der Waals surface area (Å²) < 4.78 is 1.51. The summed E-state index contributed by atoms with van der Waals surface area (Å²) in [5.41, 5.74) is 0. The monoisotopic (exact) mass is 281 g/mol. The normalized spacial score (nSPS) is 14.9. The van der Waals surface area contributed by atoms with Gasteiger partial charge in [-0.2, -0.15) is 9.38 Å². The van der Waals surface area contributed by atoms with Gasteiger partial charge in [0.2, 0.25) is 5.82 Å². The Morgan fingerprint density at radius 2 is 2.37 bits per heavy atom. The number of hydrogen-bond acceptors (Lipinski definition) is 6. The molecule has 3 rings (SSSR count). The van der Waals surface area contributed by atoms with E-state index in [0.29, 0.717) is 23.4 Å². The van der Waals surface area contributed by atoms with Gasteiger partial charge in [-0.1, -0.05) is 11.3 Å². The van der Waals surface area contributed by atoms with Crippen molar-refractivity contribution >= 4 is 27.9 Å². The van der Waals surface area contributed by atoms with Crippen LogP contribution in [0.2, 0.25) is 0 Å². The molecule has 2 aromatic heterocycles. The van der Waals surface area contributed by atoms with Crippen molar-refractivity contribution in [3.63, 3.8) is 0 Å². The van der Waals surface area contributed by atoms with Crippen LogP contribution in [-0.4, -0.2) is 33.4 Å². The Morgan fingerprint density at radius 3 is 3.11 bits per heavy atom. The number of aromatic nitrogens is 2. The number of anilines is 1. The molecule has 2 N–H and O–H groups in total. The van der Waals surface area contributed by atoms with E-state index < -0.39 is 4.92 Å². The third-order valence-electron chi connectivity index (χ3n) is 3.07. The summed E-state index contributed by atoms with van der Waals surface area (Å²) >= 11 is 1.39. The van der Waals surface area contributed by atoms with Gasteiger partial charge in [0.1, 0.15) is 6.20 Å². The van der Waals surface area contributed by atoms with Crippen molar-refractivity contribution in [2.75, 3.05) is 18.4 Å². The Morgan fingerprint density at radius 1 is 1.53 bits per heavy atom. The highest BCUT2D eigenvalue weighted by Crippen LogP contribution is 2.27. The lowest BCUT2D eigenvalue weighted by atomic mass is 10.4. The maximum absolute atomic E-state index is 11.1. The molecule has 2 heterocycles. The summed E-state index contributed by atoms with van der Waals surface area (Å²) in [4.78, 5) is 15.6. The molecule has 19 heavy (non-hydrogen) atoms. The van der Waals surface area contributed by atoms with Gasteiger partial charge in [0.25, 0.3) is 4.96 Å². The molecule has 0 spiro atoms. The Labute approximate surface area is 113 Å². The first-order valence-electron chi connectivity index (χ1n) is 6.33. The van der Waals surface area contributed by atoms with Crippen LogP contribution in [0.25, 0.3) is 4.96 Å². The molecule has 0 unspecified atom stereocenters. The molecule has 0 amide bonds. The van der Waals surface area contributed by atoms with E-state index in [1.54, 1.807) is 11.6 Å². The number of nitrogens with zero attached hydrogens (tertiary/aromatic N) is 3. The molecule has 1 fully saturated rings. The lowest BCUT2D eigenvalue weighted by Crippen LogP contribution is -2.20. The molecule has 0 saturated heterocycles. The number of nitrogens with one attached hydrogen (secondary N) is 2. The van der Waals surface area contributed by atoms with Gasteiger partial charge < -0.3 is 20.7 Å². The number of imidazole rings is 1. The highest BCUT2D eigenvalue weighted by atomic mass is 32.1. The fourth-order valence-electron chi connectivity index (χ4n) is 1.96. The van der Waals surface area contributed by atoms with Gasteiger partial charge >= 0.3 is 5.82 Å². The van der Waals surface area contributed by atoms with E-state index in [1.807, 2.05) is 0 Å². The molecular weight excluding hydrogens is 266 g/mol. The average molecular weight is 281 g/mol. The van der Waals surface area contributed by atoms with Crippen LogP contribution in [0, 0.1) is 10.1 Å². The molecule has 7 nitrogen and oxygen atoms in total. The highest BCUT2D eigenvalue weighted by Gasteiger charge is 2.23. The summed E-state index contributed by atoms with van der Waals surface area (Å²) in [6.07, 6.45) is 5.15. The SMILES string of the molecule is O=[N+]([O-])c1c(NCCCNC2CC2)nc2sccn12. The minimum Gasteiger partial charge on any atom is -0.363 e. The Hall–Kier alpha value is -1.67. The van der Waals surface area contributed by atoms with Gasteiger partial charge in [0, 0.05) is 18.0 Å². The lowest BCUT2D eigenvalue weighted by molar-refractivity contribution is -0.389. The van der Waals surface area contributed by atoms with Gasteiger partial charge in [-0.05, 0) is 30.7 Å².